The Balaban J connectivity index is 2.12. The molecular weight excluding hydrogens is 314 g/mol. The number of nitrogens with zero attached hydrogens (tertiary/aromatic N) is 2. The number of likely N-dealkylation sites (N-methyl/N-ethyl adjacent to an activating group) is 1. The van der Waals surface area contributed by atoms with Crippen LogP contribution in [0.15, 0.2) is 29.3 Å². The molecule has 0 bridgehead atoms. The predicted octanol–water partition coefficient (Wildman–Crippen LogP) is 3.15. The zero-order valence-corrected chi connectivity index (χ0v) is 15.7. The minimum absolute atomic E-state index is 0.0946. The zero-order chi connectivity index (χ0) is 18.4. The van der Waals surface area contributed by atoms with Crippen molar-refractivity contribution in [3.05, 3.63) is 35.4 Å². The summed E-state index contributed by atoms with van der Waals surface area (Å²) in [6.45, 7) is 8.80. The third kappa shape index (κ3) is 2.62. The highest BCUT2D eigenvalue weighted by Gasteiger charge is 2.61. The summed E-state index contributed by atoms with van der Waals surface area (Å²) in [5.41, 5.74) is 6.32. The van der Waals surface area contributed by atoms with E-state index >= 15 is 0 Å². The molecule has 1 spiro atoms. The number of benzene rings is 1. The molecule has 0 saturated carbocycles. The molecule has 1 atom stereocenters. The molecular formula is C20H27N3O2. The maximum atomic E-state index is 13.1. The van der Waals surface area contributed by atoms with Gasteiger partial charge in [-0.05, 0) is 30.0 Å². The molecule has 25 heavy (non-hydrogen) atoms. The van der Waals surface area contributed by atoms with Gasteiger partial charge in [0.1, 0.15) is 5.75 Å². The number of fused-ring (bicyclic) bond motifs is 2. The topological polar surface area (TPSA) is 67.9 Å². The van der Waals surface area contributed by atoms with Crippen molar-refractivity contribution in [1.82, 2.24) is 4.90 Å². The van der Waals surface area contributed by atoms with E-state index in [1.807, 2.05) is 32.0 Å². The van der Waals surface area contributed by atoms with Gasteiger partial charge in [0.25, 0.3) is 5.91 Å². The lowest BCUT2D eigenvalue weighted by atomic mass is 9.66. The highest BCUT2D eigenvalue weighted by atomic mass is 16.5. The van der Waals surface area contributed by atoms with Gasteiger partial charge in [-0.1, -0.05) is 45.9 Å². The summed E-state index contributed by atoms with van der Waals surface area (Å²) in [5, 5.41) is 0. The van der Waals surface area contributed by atoms with E-state index in [1.54, 1.807) is 7.05 Å². The summed E-state index contributed by atoms with van der Waals surface area (Å²) in [6.07, 6.45) is 5.26. The minimum atomic E-state index is -1.03. The normalized spacial score (nSPS) is 24.8. The Morgan fingerprint density at radius 2 is 2.12 bits per heavy atom. The van der Waals surface area contributed by atoms with E-state index in [-0.39, 0.29) is 11.9 Å². The molecule has 1 aromatic carbocycles. The Bertz CT molecular complexity index is 764. The van der Waals surface area contributed by atoms with Crippen LogP contribution in [0.3, 0.4) is 0 Å². The van der Waals surface area contributed by atoms with Gasteiger partial charge in [0.15, 0.2) is 11.5 Å². The first-order chi connectivity index (χ1) is 11.7. The van der Waals surface area contributed by atoms with Crippen molar-refractivity contribution >= 4 is 17.9 Å². The monoisotopic (exact) mass is 341 g/mol. The van der Waals surface area contributed by atoms with Gasteiger partial charge in [-0.25, -0.2) is 4.99 Å². The summed E-state index contributed by atoms with van der Waals surface area (Å²) in [5.74, 6) is 1.48. The molecule has 0 saturated heterocycles. The fraction of sp³-hybridized carbons (Fsp3) is 0.500. The second kappa shape index (κ2) is 5.90. The van der Waals surface area contributed by atoms with Crippen molar-refractivity contribution in [3.8, 4) is 5.75 Å². The van der Waals surface area contributed by atoms with Crippen LogP contribution in [0.4, 0.5) is 0 Å². The molecule has 2 aliphatic rings. The molecule has 0 aromatic heterocycles. The average Bonchev–Trinajstić information content (AvgIpc) is 2.77. The van der Waals surface area contributed by atoms with Gasteiger partial charge in [-0.15, -0.1) is 0 Å². The maximum Gasteiger partial charge on any atom is 0.262 e. The third-order valence-electron chi connectivity index (χ3n) is 5.12. The number of hydrogen-bond acceptors (Lipinski definition) is 4. The van der Waals surface area contributed by atoms with Crippen molar-refractivity contribution in [2.75, 3.05) is 13.7 Å². The lowest BCUT2D eigenvalue weighted by molar-refractivity contribution is -0.137. The molecule has 2 aliphatic heterocycles. The Morgan fingerprint density at radius 3 is 2.72 bits per heavy atom. The van der Waals surface area contributed by atoms with Crippen molar-refractivity contribution < 1.29 is 9.53 Å². The number of nitrogens with two attached hydrogens (primary N) is 1. The molecule has 1 aromatic rings. The number of allylic oxidation sites excluding steroid dienone is 1. The van der Waals surface area contributed by atoms with Crippen molar-refractivity contribution in [2.24, 2.45) is 22.1 Å². The summed E-state index contributed by atoms with van der Waals surface area (Å²) >= 11 is 0. The first kappa shape index (κ1) is 17.5. The highest BCUT2D eigenvalue weighted by Crippen LogP contribution is 2.53. The number of carbonyl (C=O) groups excluding carboxylic acids is 1. The fourth-order valence-electron chi connectivity index (χ4n) is 3.52. The molecule has 1 amide bonds. The van der Waals surface area contributed by atoms with E-state index in [9.17, 15) is 4.79 Å². The van der Waals surface area contributed by atoms with Crippen LogP contribution in [-0.2, 0) is 10.3 Å². The van der Waals surface area contributed by atoms with Crippen LogP contribution in [-0.4, -0.2) is 30.4 Å². The van der Waals surface area contributed by atoms with Gasteiger partial charge < -0.3 is 10.5 Å². The molecule has 3 rings (SSSR count). The fourth-order valence-corrected chi connectivity index (χ4v) is 3.52. The third-order valence-corrected chi connectivity index (χ3v) is 5.12. The van der Waals surface area contributed by atoms with E-state index in [0.29, 0.717) is 18.3 Å². The smallest absolute Gasteiger partial charge is 0.262 e. The Hall–Kier alpha value is -2.30. The van der Waals surface area contributed by atoms with E-state index < -0.39 is 11.0 Å². The molecule has 0 aliphatic carbocycles. The van der Waals surface area contributed by atoms with E-state index in [1.165, 1.54) is 4.90 Å². The second-order valence-electron chi connectivity index (χ2n) is 8.00. The standard InChI is InChI=1S/C20H27N3O2/c1-13(2)7-6-8-14-9-10-16-15(11-14)20(19(3,4)12-25-16)17(24)23(5)18(21)22-20/h6,8-11,13H,7,12H2,1-5H3,(H2,21,22). The molecule has 2 heterocycles. The number of carbonyl (C=O) groups is 1. The van der Waals surface area contributed by atoms with Crippen LogP contribution in [0.2, 0.25) is 0 Å². The van der Waals surface area contributed by atoms with E-state index in [2.05, 4.69) is 31.0 Å². The summed E-state index contributed by atoms with van der Waals surface area (Å²) in [4.78, 5) is 19.2. The molecule has 5 heteroatoms. The Labute approximate surface area is 149 Å². The maximum absolute atomic E-state index is 13.1. The molecule has 5 nitrogen and oxygen atoms in total. The number of ether oxygens (including phenoxy) is 1. The van der Waals surface area contributed by atoms with Crippen LogP contribution in [0.5, 0.6) is 5.75 Å². The first-order valence-electron chi connectivity index (χ1n) is 8.76. The van der Waals surface area contributed by atoms with Crippen LogP contribution in [0.1, 0.15) is 45.2 Å². The van der Waals surface area contributed by atoms with Crippen LogP contribution >= 0.6 is 0 Å². The minimum Gasteiger partial charge on any atom is -0.493 e. The number of amides is 1. The van der Waals surface area contributed by atoms with Crippen molar-refractivity contribution in [2.45, 2.75) is 39.7 Å². The van der Waals surface area contributed by atoms with E-state index in [4.69, 9.17) is 10.5 Å². The average molecular weight is 341 g/mol. The Morgan fingerprint density at radius 1 is 1.40 bits per heavy atom. The molecule has 2 N–H and O–H groups in total. The predicted molar refractivity (Wildman–Crippen MR) is 100 cm³/mol. The first-order valence-corrected chi connectivity index (χ1v) is 8.76. The number of guanidine groups is 1. The number of aliphatic imine (C=N–C) groups is 1. The quantitative estimate of drug-likeness (QED) is 0.918. The lowest BCUT2D eigenvalue weighted by Gasteiger charge is -2.44. The van der Waals surface area contributed by atoms with Crippen molar-refractivity contribution in [1.29, 1.82) is 0 Å². The van der Waals surface area contributed by atoms with Crippen LogP contribution < -0.4 is 10.5 Å². The zero-order valence-electron chi connectivity index (χ0n) is 15.7. The van der Waals surface area contributed by atoms with Gasteiger partial charge in [0.2, 0.25) is 0 Å². The molecule has 1 unspecified atom stereocenters. The van der Waals surface area contributed by atoms with E-state index in [0.717, 1.165) is 17.5 Å². The summed E-state index contributed by atoms with van der Waals surface area (Å²) in [6, 6.07) is 5.96. The van der Waals surface area contributed by atoms with Gasteiger partial charge in [0.05, 0.1) is 6.61 Å². The highest BCUT2D eigenvalue weighted by molar-refractivity contribution is 6.08. The van der Waals surface area contributed by atoms with Crippen LogP contribution in [0, 0.1) is 11.3 Å². The van der Waals surface area contributed by atoms with Crippen molar-refractivity contribution in [3.63, 3.8) is 0 Å². The molecule has 0 radical (unpaired) electrons. The lowest BCUT2D eigenvalue weighted by Crippen LogP contribution is -2.53. The second-order valence-corrected chi connectivity index (χ2v) is 8.00. The molecule has 134 valence electrons. The SMILES string of the molecule is CC(C)CC=Cc1ccc2c(c1)C1(N=C(N)N(C)C1=O)C(C)(C)CO2. The Kier molecular flexibility index (Phi) is 4.13. The number of hydrogen-bond donors (Lipinski definition) is 1. The number of rotatable bonds is 3. The van der Waals surface area contributed by atoms with Gasteiger partial charge >= 0.3 is 0 Å². The molecule has 0 fully saturated rings. The largest absolute Gasteiger partial charge is 0.493 e. The van der Waals surface area contributed by atoms with Gasteiger partial charge in [-0.2, -0.15) is 0 Å². The summed E-state index contributed by atoms with van der Waals surface area (Å²) < 4.78 is 5.94. The van der Waals surface area contributed by atoms with Crippen LogP contribution in [0.25, 0.3) is 6.08 Å². The van der Waals surface area contributed by atoms with Gasteiger partial charge in [-0.3, -0.25) is 9.69 Å². The van der Waals surface area contributed by atoms with Gasteiger partial charge in [0, 0.05) is 18.0 Å². The summed E-state index contributed by atoms with van der Waals surface area (Å²) in [7, 11) is 1.67.